The van der Waals surface area contributed by atoms with E-state index in [1.165, 1.54) is 6.20 Å². The number of nitrogens with zero attached hydrogens (tertiary/aromatic N) is 8. The van der Waals surface area contributed by atoms with E-state index in [-0.39, 0.29) is 5.91 Å². The molecule has 2 saturated heterocycles. The minimum absolute atomic E-state index is 0.0247. The summed E-state index contributed by atoms with van der Waals surface area (Å²) in [6.45, 7) is 3.47. The second-order valence-electron chi connectivity index (χ2n) is 8.39. The van der Waals surface area contributed by atoms with Gasteiger partial charge in [0, 0.05) is 68.0 Å². The first-order valence-corrected chi connectivity index (χ1v) is 10.9. The van der Waals surface area contributed by atoms with E-state index in [2.05, 4.69) is 45.8 Å². The monoisotopic (exact) mass is 429 g/mol. The van der Waals surface area contributed by atoms with Gasteiger partial charge < -0.3 is 9.88 Å². The Labute approximate surface area is 184 Å². The van der Waals surface area contributed by atoms with Crippen LogP contribution in [0.5, 0.6) is 0 Å². The zero-order chi connectivity index (χ0) is 21.5. The fraction of sp³-hybridized carbons (Fsp3) is 0.364. The quantitative estimate of drug-likeness (QED) is 0.527. The maximum Gasteiger partial charge on any atom is 0.274 e. The van der Waals surface area contributed by atoms with Crippen LogP contribution in [-0.4, -0.2) is 82.6 Å². The molecule has 0 atom stereocenters. The molecule has 2 aliphatic heterocycles. The molecule has 6 rings (SSSR count). The molecular formula is C22H23N9O. The first-order valence-electron chi connectivity index (χ1n) is 10.9. The van der Waals surface area contributed by atoms with E-state index in [0.29, 0.717) is 17.8 Å². The van der Waals surface area contributed by atoms with Crippen molar-refractivity contribution in [2.75, 3.05) is 26.2 Å². The van der Waals surface area contributed by atoms with Gasteiger partial charge in [0.15, 0.2) is 0 Å². The Morgan fingerprint density at radius 1 is 1.03 bits per heavy atom. The largest absolute Gasteiger partial charge is 0.346 e. The number of H-pyrrole nitrogens is 1. The van der Waals surface area contributed by atoms with Crippen molar-refractivity contribution in [2.24, 2.45) is 0 Å². The van der Waals surface area contributed by atoms with Crippen LogP contribution in [-0.2, 0) is 0 Å². The predicted octanol–water partition coefficient (Wildman–Crippen LogP) is 1.77. The van der Waals surface area contributed by atoms with Gasteiger partial charge in [0.1, 0.15) is 17.7 Å². The number of hydrogen-bond donors (Lipinski definition) is 1. The Hall–Kier alpha value is -3.66. The van der Waals surface area contributed by atoms with Gasteiger partial charge >= 0.3 is 0 Å². The number of amides is 1. The van der Waals surface area contributed by atoms with Crippen molar-refractivity contribution in [1.29, 1.82) is 0 Å². The van der Waals surface area contributed by atoms with E-state index in [1.54, 1.807) is 18.7 Å². The summed E-state index contributed by atoms with van der Waals surface area (Å²) in [7, 11) is 0. The minimum atomic E-state index is -0.0247. The number of carbonyl (C=O) groups excluding carboxylic acids is 1. The summed E-state index contributed by atoms with van der Waals surface area (Å²) in [5.74, 6) is -0.0247. The topological polar surface area (TPSA) is 109 Å². The zero-order valence-electron chi connectivity index (χ0n) is 17.5. The smallest absolute Gasteiger partial charge is 0.274 e. The third-order valence-corrected chi connectivity index (χ3v) is 6.54. The molecule has 0 bridgehead atoms. The molecule has 2 fully saturated rings. The predicted molar refractivity (Wildman–Crippen MR) is 117 cm³/mol. The molecular weight excluding hydrogens is 406 g/mol. The molecule has 2 aliphatic rings. The molecule has 1 amide bonds. The molecule has 0 spiro atoms. The van der Waals surface area contributed by atoms with Crippen molar-refractivity contribution in [2.45, 2.75) is 24.9 Å². The second-order valence-corrected chi connectivity index (χ2v) is 8.39. The van der Waals surface area contributed by atoms with Gasteiger partial charge in [-0.25, -0.2) is 15.0 Å². The summed E-state index contributed by atoms with van der Waals surface area (Å²) < 4.78 is 2.05. The van der Waals surface area contributed by atoms with Gasteiger partial charge in [0.25, 0.3) is 5.91 Å². The molecule has 10 heteroatoms. The van der Waals surface area contributed by atoms with Gasteiger partial charge in [0.2, 0.25) is 0 Å². The van der Waals surface area contributed by atoms with Gasteiger partial charge in [-0.2, -0.15) is 5.10 Å². The van der Waals surface area contributed by atoms with Gasteiger partial charge in [-0.15, -0.1) is 0 Å². The van der Waals surface area contributed by atoms with Crippen molar-refractivity contribution in [3.05, 3.63) is 55.3 Å². The Balaban J connectivity index is 1.05. The van der Waals surface area contributed by atoms with Crippen LogP contribution in [0.1, 0.15) is 29.4 Å². The molecule has 0 aromatic carbocycles. The van der Waals surface area contributed by atoms with E-state index < -0.39 is 0 Å². The van der Waals surface area contributed by atoms with Crippen molar-refractivity contribution < 1.29 is 4.79 Å². The molecule has 32 heavy (non-hydrogen) atoms. The van der Waals surface area contributed by atoms with E-state index in [4.69, 9.17) is 0 Å². The number of piperidine rings is 1. The number of carbonyl (C=O) groups is 1. The summed E-state index contributed by atoms with van der Waals surface area (Å²) in [4.78, 5) is 36.9. The van der Waals surface area contributed by atoms with Gasteiger partial charge in [-0.3, -0.25) is 19.4 Å². The number of nitrogens with one attached hydrogen (secondary N) is 1. The number of likely N-dealkylation sites (tertiary alicyclic amines) is 2. The lowest BCUT2D eigenvalue weighted by Gasteiger charge is -2.47. The van der Waals surface area contributed by atoms with Crippen molar-refractivity contribution in [3.8, 4) is 11.3 Å². The summed E-state index contributed by atoms with van der Waals surface area (Å²) in [6, 6.07) is 2.87. The van der Waals surface area contributed by atoms with Gasteiger partial charge in [0.05, 0.1) is 24.1 Å². The van der Waals surface area contributed by atoms with E-state index >= 15 is 0 Å². The fourth-order valence-corrected chi connectivity index (χ4v) is 4.72. The summed E-state index contributed by atoms with van der Waals surface area (Å²) >= 11 is 0. The highest BCUT2D eigenvalue weighted by molar-refractivity contribution is 5.92. The molecule has 6 heterocycles. The maximum absolute atomic E-state index is 12.6. The maximum atomic E-state index is 12.6. The average Bonchev–Trinajstić information content (AvgIpc) is 3.48. The summed E-state index contributed by atoms with van der Waals surface area (Å²) in [5.41, 5.74) is 3.16. The first-order chi connectivity index (χ1) is 15.8. The molecule has 162 valence electrons. The highest BCUT2D eigenvalue weighted by Crippen LogP contribution is 2.30. The van der Waals surface area contributed by atoms with Gasteiger partial charge in [-0.05, 0) is 18.9 Å². The lowest BCUT2D eigenvalue weighted by molar-refractivity contribution is 0.0196. The minimum Gasteiger partial charge on any atom is -0.346 e. The molecule has 4 aromatic heterocycles. The Morgan fingerprint density at radius 2 is 1.91 bits per heavy atom. The summed E-state index contributed by atoms with van der Waals surface area (Å²) in [6.07, 6.45) is 14.1. The van der Waals surface area contributed by atoms with Crippen LogP contribution in [0.15, 0.2) is 49.6 Å². The Bertz CT molecular complexity index is 1240. The van der Waals surface area contributed by atoms with Crippen molar-refractivity contribution in [3.63, 3.8) is 0 Å². The fourth-order valence-electron chi connectivity index (χ4n) is 4.72. The molecule has 0 aliphatic carbocycles. The van der Waals surface area contributed by atoms with Gasteiger partial charge in [-0.1, -0.05) is 0 Å². The van der Waals surface area contributed by atoms with E-state index in [0.717, 1.165) is 61.3 Å². The lowest BCUT2D eigenvalue weighted by Crippen LogP contribution is -2.56. The normalized spacial score (nSPS) is 18.2. The highest BCUT2D eigenvalue weighted by Gasteiger charge is 2.36. The zero-order valence-corrected chi connectivity index (χ0v) is 17.5. The van der Waals surface area contributed by atoms with Crippen LogP contribution < -0.4 is 0 Å². The Kier molecular flexibility index (Phi) is 4.64. The van der Waals surface area contributed by atoms with Crippen LogP contribution >= 0.6 is 0 Å². The van der Waals surface area contributed by atoms with Crippen LogP contribution in [0.4, 0.5) is 0 Å². The molecule has 0 saturated carbocycles. The number of hydrogen-bond acceptors (Lipinski definition) is 7. The number of aromatic nitrogens is 7. The third-order valence-electron chi connectivity index (χ3n) is 6.54. The second kappa shape index (κ2) is 7.79. The summed E-state index contributed by atoms with van der Waals surface area (Å²) in [5, 5.41) is 5.61. The van der Waals surface area contributed by atoms with Crippen molar-refractivity contribution >= 4 is 16.9 Å². The molecule has 10 nitrogen and oxygen atoms in total. The van der Waals surface area contributed by atoms with E-state index in [9.17, 15) is 4.79 Å². The number of fused-ring (bicyclic) bond motifs is 1. The first kappa shape index (κ1) is 19.1. The third kappa shape index (κ3) is 3.32. The molecule has 0 radical (unpaired) electrons. The van der Waals surface area contributed by atoms with Crippen molar-refractivity contribution in [1.82, 2.24) is 44.5 Å². The number of rotatable bonds is 4. The lowest BCUT2D eigenvalue weighted by atomic mass is 9.97. The highest BCUT2D eigenvalue weighted by atomic mass is 16.2. The van der Waals surface area contributed by atoms with Crippen LogP contribution in [0.25, 0.3) is 22.3 Å². The average molecular weight is 429 g/mol. The SMILES string of the molecule is O=C(c1cnccn1)N1CCC(N2CC(n3cc(-c4ncnc5[nH]ccc45)cn3)C2)CC1. The number of aromatic amines is 1. The van der Waals surface area contributed by atoms with Crippen LogP contribution in [0.2, 0.25) is 0 Å². The Morgan fingerprint density at radius 3 is 2.72 bits per heavy atom. The van der Waals surface area contributed by atoms with E-state index in [1.807, 2.05) is 23.4 Å². The van der Waals surface area contributed by atoms with Crippen LogP contribution in [0.3, 0.4) is 0 Å². The molecule has 0 unspecified atom stereocenters. The molecule has 1 N–H and O–H groups in total. The van der Waals surface area contributed by atoms with Crippen LogP contribution in [0, 0.1) is 0 Å². The standard InChI is InChI=1S/C22H23N9O/c32-22(19-10-23-5-6-24-19)29-7-2-16(3-8-29)30-12-17(13-30)31-11-15(9-28-31)20-18-1-4-25-21(18)27-14-26-20/h1,4-6,9-11,14,16-17H,2-3,7-8,12-13H2,(H,25,26,27). The molecule has 4 aromatic rings.